The zero-order valence-electron chi connectivity index (χ0n) is 14.9. The number of thioether (sulfide) groups is 1. The number of fused-ring (bicyclic) bond motifs is 1. The SMILES string of the molecule is COc1cccc(CN(C)C(=O)CSc2nnc3ccccn23)c1OC. The Hall–Kier alpha value is -2.74. The maximum absolute atomic E-state index is 12.5. The van der Waals surface area contributed by atoms with E-state index < -0.39 is 0 Å². The zero-order valence-corrected chi connectivity index (χ0v) is 15.7. The van der Waals surface area contributed by atoms with Crippen LogP contribution in [0, 0.1) is 0 Å². The average Bonchev–Trinajstić information content (AvgIpc) is 3.08. The largest absolute Gasteiger partial charge is 0.493 e. The van der Waals surface area contributed by atoms with Crippen molar-refractivity contribution in [2.24, 2.45) is 0 Å². The van der Waals surface area contributed by atoms with E-state index in [-0.39, 0.29) is 11.7 Å². The van der Waals surface area contributed by atoms with Crippen LogP contribution in [-0.2, 0) is 11.3 Å². The lowest BCUT2D eigenvalue weighted by Crippen LogP contribution is -2.28. The summed E-state index contributed by atoms with van der Waals surface area (Å²) in [6, 6.07) is 11.3. The molecule has 1 amide bonds. The summed E-state index contributed by atoms with van der Waals surface area (Å²) in [5, 5.41) is 8.91. The van der Waals surface area contributed by atoms with Gasteiger partial charge in [-0.3, -0.25) is 9.20 Å². The Bertz CT molecular complexity index is 912. The molecule has 136 valence electrons. The normalized spacial score (nSPS) is 10.7. The third-order valence-corrected chi connectivity index (χ3v) is 4.85. The van der Waals surface area contributed by atoms with Crippen LogP contribution in [0.5, 0.6) is 11.5 Å². The Morgan fingerprint density at radius 3 is 2.77 bits per heavy atom. The van der Waals surface area contributed by atoms with Crippen LogP contribution >= 0.6 is 11.8 Å². The molecular weight excluding hydrogens is 352 g/mol. The number of ether oxygens (including phenoxy) is 2. The number of para-hydroxylation sites is 1. The van der Waals surface area contributed by atoms with E-state index in [4.69, 9.17) is 9.47 Å². The number of carbonyl (C=O) groups is 1. The van der Waals surface area contributed by atoms with Crippen molar-refractivity contribution in [2.75, 3.05) is 27.0 Å². The van der Waals surface area contributed by atoms with Crippen LogP contribution in [0.15, 0.2) is 47.8 Å². The number of carbonyl (C=O) groups excluding carboxylic acids is 1. The third kappa shape index (κ3) is 3.75. The van der Waals surface area contributed by atoms with Gasteiger partial charge >= 0.3 is 0 Å². The number of hydrogen-bond donors (Lipinski definition) is 0. The van der Waals surface area contributed by atoms with Gasteiger partial charge in [-0.05, 0) is 18.2 Å². The summed E-state index contributed by atoms with van der Waals surface area (Å²) in [5.41, 5.74) is 1.65. The van der Waals surface area contributed by atoms with Gasteiger partial charge in [-0.25, -0.2) is 0 Å². The lowest BCUT2D eigenvalue weighted by atomic mass is 10.1. The van der Waals surface area contributed by atoms with Crippen LogP contribution in [0.25, 0.3) is 5.65 Å². The number of aromatic nitrogens is 3. The molecule has 26 heavy (non-hydrogen) atoms. The number of hydrogen-bond acceptors (Lipinski definition) is 6. The summed E-state index contributed by atoms with van der Waals surface area (Å²) >= 11 is 1.36. The van der Waals surface area contributed by atoms with Crippen molar-refractivity contribution in [1.82, 2.24) is 19.5 Å². The molecule has 0 radical (unpaired) electrons. The summed E-state index contributed by atoms with van der Waals surface area (Å²) in [7, 11) is 4.95. The molecule has 2 heterocycles. The highest BCUT2D eigenvalue weighted by atomic mass is 32.2. The van der Waals surface area contributed by atoms with E-state index in [1.807, 2.05) is 47.0 Å². The van der Waals surface area contributed by atoms with Gasteiger partial charge in [-0.1, -0.05) is 30.0 Å². The Labute approximate surface area is 155 Å². The highest BCUT2D eigenvalue weighted by molar-refractivity contribution is 7.99. The summed E-state index contributed by atoms with van der Waals surface area (Å²) in [4.78, 5) is 14.2. The molecule has 0 atom stereocenters. The zero-order chi connectivity index (χ0) is 18.5. The molecule has 0 saturated heterocycles. The van der Waals surface area contributed by atoms with Gasteiger partial charge in [0.25, 0.3) is 0 Å². The molecule has 0 unspecified atom stereocenters. The van der Waals surface area contributed by atoms with E-state index in [0.29, 0.717) is 23.2 Å². The van der Waals surface area contributed by atoms with Crippen molar-refractivity contribution in [1.29, 1.82) is 0 Å². The summed E-state index contributed by atoms with van der Waals surface area (Å²) in [5.74, 6) is 1.56. The van der Waals surface area contributed by atoms with Gasteiger partial charge in [0, 0.05) is 25.4 Å². The molecule has 0 fully saturated rings. The van der Waals surface area contributed by atoms with E-state index in [2.05, 4.69) is 10.2 Å². The quantitative estimate of drug-likeness (QED) is 0.594. The minimum Gasteiger partial charge on any atom is -0.493 e. The van der Waals surface area contributed by atoms with Gasteiger partial charge in [0.1, 0.15) is 0 Å². The molecule has 0 aliphatic rings. The number of methoxy groups -OCH3 is 2. The molecule has 0 bridgehead atoms. The minimum atomic E-state index is -0.00689. The molecule has 7 nitrogen and oxygen atoms in total. The van der Waals surface area contributed by atoms with Crippen LogP contribution in [0.2, 0.25) is 0 Å². The lowest BCUT2D eigenvalue weighted by Gasteiger charge is -2.19. The van der Waals surface area contributed by atoms with Gasteiger partial charge in [0.15, 0.2) is 22.3 Å². The number of rotatable bonds is 7. The molecule has 0 saturated carbocycles. The second-order valence-corrected chi connectivity index (χ2v) is 6.55. The van der Waals surface area contributed by atoms with Crippen LogP contribution in [0.4, 0.5) is 0 Å². The van der Waals surface area contributed by atoms with Crippen LogP contribution in [0.3, 0.4) is 0 Å². The van der Waals surface area contributed by atoms with Crippen molar-refractivity contribution >= 4 is 23.3 Å². The first kappa shape index (κ1) is 18.1. The number of nitrogens with zero attached hydrogens (tertiary/aromatic N) is 4. The standard InChI is InChI=1S/C18H20N4O3S/c1-21(11-13-7-6-8-14(24-2)17(13)25-3)16(23)12-26-18-20-19-15-9-4-5-10-22(15)18/h4-10H,11-12H2,1-3H3. The van der Waals surface area contributed by atoms with E-state index >= 15 is 0 Å². The predicted molar refractivity (Wildman–Crippen MR) is 99.7 cm³/mol. The molecule has 0 N–H and O–H groups in total. The Morgan fingerprint density at radius 2 is 2.00 bits per heavy atom. The molecule has 3 aromatic rings. The minimum absolute atomic E-state index is 0.00689. The maximum atomic E-state index is 12.5. The number of pyridine rings is 1. The van der Waals surface area contributed by atoms with E-state index in [1.54, 1.807) is 26.2 Å². The highest BCUT2D eigenvalue weighted by Gasteiger charge is 2.16. The van der Waals surface area contributed by atoms with Crippen molar-refractivity contribution < 1.29 is 14.3 Å². The van der Waals surface area contributed by atoms with Crippen molar-refractivity contribution in [3.63, 3.8) is 0 Å². The first-order chi connectivity index (χ1) is 12.6. The molecule has 2 aromatic heterocycles. The Morgan fingerprint density at radius 1 is 1.15 bits per heavy atom. The van der Waals surface area contributed by atoms with Crippen molar-refractivity contribution in [3.05, 3.63) is 48.2 Å². The summed E-state index contributed by atoms with van der Waals surface area (Å²) in [6.07, 6.45) is 1.88. The number of benzene rings is 1. The number of amides is 1. The first-order valence-corrected chi connectivity index (χ1v) is 8.99. The molecule has 0 aliphatic carbocycles. The highest BCUT2D eigenvalue weighted by Crippen LogP contribution is 2.31. The van der Waals surface area contributed by atoms with E-state index in [9.17, 15) is 4.79 Å². The Kier molecular flexibility index (Phi) is 5.62. The smallest absolute Gasteiger partial charge is 0.233 e. The monoisotopic (exact) mass is 372 g/mol. The second-order valence-electron chi connectivity index (χ2n) is 5.60. The van der Waals surface area contributed by atoms with Gasteiger partial charge < -0.3 is 14.4 Å². The van der Waals surface area contributed by atoms with Crippen LogP contribution < -0.4 is 9.47 Å². The molecule has 1 aromatic carbocycles. The van der Waals surface area contributed by atoms with Crippen molar-refractivity contribution in [3.8, 4) is 11.5 Å². The molecule has 3 rings (SSSR count). The van der Waals surface area contributed by atoms with Crippen LogP contribution in [0.1, 0.15) is 5.56 Å². The Balaban J connectivity index is 1.65. The van der Waals surface area contributed by atoms with E-state index in [0.717, 1.165) is 11.2 Å². The fourth-order valence-electron chi connectivity index (χ4n) is 2.58. The van der Waals surface area contributed by atoms with Gasteiger partial charge in [0.2, 0.25) is 5.91 Å². The fourth-order valence-corrected chi connectivity index (χ4v) is 3.44. The van der Waals surface area contributed by atoms with Gasteiger partial charge in [0.05, 0.1) is 20.0 Å². The average molecular weight is 372 g/mol. The lowest BCUT2D eigenvalue weighted by molar-refractivity contribution is -0.127. The molecule has 0 spiro atoms. The van der Waals surface area contributed by atoms with Crippen molar-refractivity contribution in [2.45, 2.75) is 11.7 Å². The summed E-state index contributed by atoms with van der Waals surface area (Å²) < 4.78 is 12.6. The fraction of sp³-hybridized carbons (Fsp3) is 0.278. The topological polar surface area (TPSA) is 69.0 Å². The van der Waals surface area contributed by atoms with E-state index in [1.165, 1.54) is 11.8 Å². The predicted octanol–water partition coefficient (Wildman–Crippen LogP) is 2.50. The molecular formula is C18H20N4O3S. The van der Waals surface area contributed by atoms with Gasteiger partial charge in [-0.2, -0.15) is 0 Å². The summed E-state index contributed by atoms with van der Waals surface area (Å²) in [6.45, 7) is 0.431. The maximum Gasteiger partial charge on any atom is 0.233 e. The molecule has 8 heteroatoms. The van der Waals surface area contributed by atoms with Crippen LogP contribution in [-0.4, -0.2) is 52.4 Å². The molecule has 0 aliphatic heterocycles. The third-order valence-electron chi connectivity index (χ3n) is 3.92. The second kappa shape index (κ2) is 8.09. The van der Waals surface area contributed by atoms with Gasteiger partial charge in [-0.15, -0.1) is 10.2 Å². The first-order valence-electron chi connectivity index (χ1n) is 8.00.